The van der Waals surface area contributed by atoms with Gasteiger partial charge < -0.3 is 4.74 Å². The van der Waals surface area contributed by atoms with Crippen LogP contribution in [0.15, 0.2) is 54.6 Å². The zero-order chi connectivity index (χ0) is 17.2. The second-order valence-corrected chi connectivity index (χ2v) is 4.42. The summed E-state index contributed by atoms with van der Waals surface area (Å²) in [5.74, 6) is -0.349. The summed E-state index contributed by atoms with van der Waals surface area (Å²) < 4.78 is 4.40. The first-order valence-corrected chi connectivity index (χ1v) is 6.93. The number of esters is 1. The van der Waals surface area contributed by atoms with Gasteiger partial charge in [-0.25, -0.2) is 0 Å². The summed E-state index contributed by atoms with van der Waals surface area (Å²) in [6, 6.07) is 14.4. The van der Waals surface area contributed by atoms with E-state index in [9.17, 15) is 19.7 Å². The summed E-state index contributed by atoms with van der Waals surface area (Å²) in [6.45, 7) is 3.65. The normalized spacial score (nSPS) is 9.30. The quantitative estimate of drug-likeness (QED) is 0.373. The van der Waals surface area contributed by atoms with Gasteiger partial charge in [-0.05, 0) is 19.1 Å². The van der Waals surface area contributed by atoms with Gasteiger partial charge in [0.25, 0.3) is 5.69 Å². The van der Waals surface area contributed by atoms with E-state index in [1.165, 1.54) is 31.2 Å². The van der Waals surface area contributed by atoms with E-state index in [0.717, 1.165) is 0 Å². The van der Waals surface area contributed by atoms with E-state index < -0.39 is 4.92 Å². The first-order chi connectivity index (χ1) is 11.0. The molecule has 2 rings (SSSR count). The maximum absolute atomic E-state index is 12.0. The molecule has 0 aliphatic rings. The van der Waals surface area contributed by atoms with Gasteiger partial charge in [-0.3, -0.25) is 19.7 Å². The molecule has 6 heteroatoms. The number of carbonyl (C=O) groups is 2. The number of non-ortho nitro benzene ring substituents is 1. The van der Waals surface area contributed by atoms with E-state index in [4.69, 9.17) is 0 Å². The van der Waals surface area contributed by atoms with E-state index in [1.807, 2.05) is 6.07 Å². The number of hydrogen-bond acceptors (Lipinski definition) is 5. The fourth-order valence-corrected chi connectivity index (χ4v) is 1.69. The van der Waals surface area contributed by atoms with E-state index in [2.05, 4.69) is 4.74 Å². The number of nitrogens with zero attached hydrogens (tertiary/aromatic N) is 1. The largest absolute Gasteiger partial charge is 0.466 e. The summed E-state index contributed by atoms with van der Waals surface area (Å²) in [5, 5.41) is 10.5. The van der Waals surface area contributed by atoms with Crippen molar-refractivity contribution in [2.75, 3.05) is 6.61 Å². The number of nitro benzene ring substituents is 1. The van der Waals surface area contributed by atoms with Crippen LogP contribution in [0.4, 0.5) is 5.69 Å². The zero-order valence-corrected chi connectivity index (χ0v) is 12.9. The molecule has 0 heterocycles. The van der Waals surface area contributed by atoms with Crippen molar-refractivity contribution in [3.05, 3.63) is 75.8 Å². The molecule has 0 unspecified atom stereocenters. The van der Waals surface area contributed by atoms with Crippen LogP contribution in [0.5, 0.6) is 0 Å². The molecule has 0 saturated carbocycles. The molecule has 120 valence electrons. The van der Waals surface area contributed by atoms with Gasteiger partial charge in [0.15, 0.2) is 5.78 Å². The Morgan fingerprint density at radius 1 is 1.00 bits per heavy atom. The minimum Gasteiger partial charge on any atom is -0.466 e. The maximum atomic E-state index is 12.0. The lowest BCUT2D eigenvalue weighted by molar-refractivity contribution is -0.384. The lowest BCUT2D eigenvalue weighted by Crippen LogP contribution is -2.00. The Labute approximate surface area is 133 Å². The smallest absolute Gasteiger partial charge is 0.302 e. The van der Waals surface area contributed by atoms with Crippen LogP contribution in [-0.2, 0) is 9.53 Å². The first kappa shape index (κ1) is 18.0. The standard InChI is InChI=1S/C13H9NO3.C4H8O2/c15-13(10-4-2-1-3-5-10)11-6-8-12(9-7-11)14(16)17;1-3-6-4(2)5/h1-9H;3H2,1-2H3. The van der Waals surface area contributed by atoms with Crippen molar-refractivity contribution in [3.63, 3.8) is 0 Å². The molecule has 0 aliphatic heterocycles. The van der Waals surface area contributed by atoms with E-state index in [0.29, 0.717) is 17.7 Å². The number of hydrogen-bond donors (Lipinski definition) is 0. The Balaban J connectivity index is 0.000000379. The molecule has 0 N–H and O–H groups in total. The third-order valence-electron chi connectivity index (χ3n) is 2.72. The minimum atomic E-state index is -0.489. The van der Waals surface area contributed by atoms with Crippen molar-refractivity contribution < 1.29 is 19.2 Å². The highest BCUT2D eigenvalue weighted by molar-refractivity contribution is 6.09. The second-order valence-electron chi connectivity index (χ2n) is 4.42. The van der Waals surface area contributed by atoms with Crippen molar-refractivity contribution >= 4 is 17.4 Å². The number of benzene rings is 2. The molecule has 0 fully saturated rings. The van der Waals surface area contributed by atoms with Crippen molar-refractivity contribution in [2.45, 2.75) is 13.8 Å². The molecule has 0 spiro atoms. The Hall–Kier alpha value is -3.02. The highest BCUT2D eigenvalue weighted by Crippen LogP contribution is 2.15. The van der Waals surface area contributed by atoms with Crippen LogP contribution in [0.3, 0.4) is 0 Å². The number of nitro groups is 1. The maximum Gasteiger partial charge on any atom is 0.302 e. The molecule has 0 amide bonds. The molecular formula is C17H17NO5. The molecule has 2 aromatic carbocycles. The van der Waals surface area contributed by atoms with Gasteiger partial charge in [0, 0.05) is 30.2 Å². The third kappa shape index (κ3) is 6.09. The van der Waals surface area contributed by atoms with Crippen molar-refractivity contribution in [1.29, 1.82) is 0 Å². The van der Waals surface area contributed by atoms with E-state index >= 15 is 0 Å². The molecule has 0 aliphatic carbocycles. The monoisotopic (exact) mass is 315 g/mol. The number of rotatable bonds is 4. The van der Waals surface area contributed by atoms with Crippen LogP contribution in [-0.4, -0.2) is 23.3 Å². The number of ether oxygens (including phenoxy) is 1. The molecule has 0 saturated heterocycles. The molecule has 0 bridgehead atoms. The summed E-state index contributed by atoms with van der Waals surface area (Å²) >= 11 is 0. The van der Waals surface area contributed by atoms with E-state index in [1.54, 1.807) is 31.2 Å². The Morgan fingerprint density at radius 2 is 1.52 bits per heavy atom. The lowest BCUT2D eigenvalue weighted by Gasteiger charge is -2.00. The highest BCUT2D eigenvalue weighted by Gasteiger charge is 2.10. The van der Waals surface area contributed by atoms with Crippen LogP contribution in [0, 0.1) is 10.1 Å². The Kier molecular flexibility index (Phi) is 7.13. The average molecular weight is 315 g/mol. The van der Waals surface area contributed by atoms with Crippen LogP contribution >= 0.6 is 0 Å². The van der Waals surface area contributed by atoms with Gasteiger partial charge in [-0.1, -0.05) is 30.3 Å². The zero-order valence-electron chi connectivity index (χ0n) is 12.9. The van der Waals surface area contributed by atoms with Crippen molar-refractivity contribution in [3.8, 4) is 0 Å². The van der Waals surface area contributed by atoms with Gasteiger partial charge >= 0.3 is 5.97 Å². The Bertz CT molecular complexity index is 665. The number of carbonyl (C=O) groups excluding carboxylic acids is 2. The molecule has 2 aromatic rings. The molecule has 0 atom stereocenters. The first-order valence-electron chi connectivity index (χ1n) is 6.93. The Morgan fingerprint density at radius 3 is 1.91 bits per heavy atom. The topological polar surface area (TPSA) is 86.5 Å². The molecular weight excluding hydrogens is 298 g/mol. The minimum absolute atomic E-state index is 0.0189. The van der Waals surface area contributed by atoms with Crippen LogP contribution < -0.4 is 0 Å². The van der Waals surface area contributed by atoms with Crippen LogP contribution in [0.2, 0.25) is 0 Å². The van der Waals surface area contributed by atoms with Crippen LogP contribution in [0.25, 0.3) is 0 Å². The summed E-state index contributed by atoms with van der Waals surface area (Å²) in [7, 11) is 0. The predicted octanol–water partition coefficient (Wildman–Crippen LogP) is 3.40. The van der Waals surface area contributed by atoms with Gasteiger partial charge in [-0.2, -0.15) is 0 Å². The predicted molar refractivity (Wildman–Crippen MR) is 85.3 cm³/mol. The number of ketones is 1. The molecule has 0 aromatic heterocycles. The molecule has 6 nitrogen and oxygen atoms in total. The molecule has 23 heavy (non-hydrogen) atoms. The fourth-order valence-electron chi connectivity index (χ4n) is 1.69. The van der Waals surface area contributed by atoms with Crippen molar-refractivity contribution in [1.82, 2.24) is 0 Å². The highest BCUT2D eigenvalue weighted by atomic mass is 16.6. The summed E-state index contributed by atoms with van der Waals surface area (Å²) in [6.07, 6.45) is 0. The average Bonchev–Trinajstić information content (AvgIpc) is 2.55. The third-order valence-corrected chi connectivity index (χ3v) is 2.72. The SMILES string of the molecule is CCOC(C)=O.O=C(c1ccccc1)c1ccc([N+](=O)[O-])cc1. The van der Waals surface area contributed by atoms with Crippen molar-refractivity contribution in [2.24, 2.45) is 0 Å². The fraction of sp³-hybridized carbons (Fsp3) is 0.176. The lowest BCUT2D eigenvalue weighted by atomic mass is 10.0. The second kappa shape index (κ2) is 9.09. The van der Waals surface area contributed by atoms with Gasteiger partial charge in [0.05, 0.1) is 11.5 Å². The molecule has 0 radical (unpaired) electrons. The van der Waals surface area contributed by atoms with Gasteiger partial charge in [0.1, 0.15) is 0 Å². The van der Waals surface area contributed by atoms with Gasteiger partial charge in [0.2, 0.25) is 0 Å². The van der Waals surface area contributed by atoms with Gasteiger partial charge in [-0.15, -0.1) is 0 Å². The summed E-state index contributed by atoms with van der Waals surface area (Å²) in [4.78, 5) is 31.8. The van der Waals surface area contributed by atoms with Crippen LogP contribution in [0.1, 0.15) is 29.8 Å². The van der Waals surface area contributed by atoms with E-state index in [-0.39, 0.29) is 17.4 Å². The summed E-state index contributed by atoms with van der Waals surface area (Å²) in [5.41, 5.74) is 0.998.